The maximum atomic E-state index is 5.92. The van der Waals surface area contributed by atoms with Crippen molar-refractivity contribution in [3.63, 3.8) is 0 Å². The largest absolute Gasteiger partial charge is 0.489 e. The van der Waals surface area contributed by atoms with Crippen molar-refractivity contribution in [3.05, 3.63) is 75.8 Å². The fourth-order valence-electron chi connectivity index (χ4n) is 2.06. The van der Waals surface area contributed by atoms with Gasteiger partial charge in [-0.05, 0) is 36.0 Å². The van der Waals surface area contributed by atoms with Crippen LogP contribution in [-0.2, 0) is 13.2 Å². The van der Waals surface area contributed by atoms with Gasteiger partial charge in [0.1, 0.15) is 18.7 Å². The lowest BCUT2D eigenvalue weighted by atomic mass is 10.2. The highest BCUT2D eigenvalue weighted by atomic mass is 35.5. The second-order valence-corrected chi connectivity index (χ2v) is 5.71. The zero-order valence-electron chi connectivity index (χ0n) is 12.2. The van der Waals surface area contributed by atoms with Crippen LogP contribution in [-0.4, -0.2) is 14.9 Å². The number of aromatic nitrogens is 3. The van der Waals surface area contributed by atoms with E-state index < -0.39 is 0 Å². The number of H-pyrrole nitrogens is 1. The third-order valence-corrected chi connectivity index (χ3v) is 3.81. The number of ether oxygens (including phenoxy) is 1. The molecule has 0 bridgehead atoms. The van der Waals surface area contributed by atoms with E-state index in [2.05, 4.69) is 15.6 Å². The van der Waals surface area contributed by atoms with Crippen LogP contribution in [0.3, 0.4) is 0 Å². The molecule has 0 radical (unpaired) electrons. The van der Waals surface area contributed by atoms with Crippen LogP contribution in [0.5, 0.6) is 5.75 Å². The van der Waals surface area contributed by atoms with Gasteiger partial charge in [0.15, 0.2) is 0 Å². The van der Waals surface area contributed by atoms with E-state index in [1.54, 1.807) is 11.0 Å². The van der Waals surface area contributed by atoms with Gasteiger partial charge in [0, 0.05) is 10.6 Å². The summed E-state index contributed by atoms with van der Waals surface area (Å²) < 4.78 is 8.10. The van der Waals surface area contributed by atoms with Crippen molar-refractivity contribution in [3.8, 4) is 5.75 Å². The van der Waals surface area contributed by atoms with Crippen molar-refractivity contribution >= 4 is 23.8 Å². The van der Waals surface area contributed by atoms with Gasteiger partial charge in [-0.3, -0.25) is 5.10 Å². The van der Waals surface area contributed by atoms with Gasteiger partial charge < -0.3 is 10.2 Å². The summed E-state index contributed by atoms with van der Waals surface area (Å²) in [6.45, 7) is 1.06. The number of benzene rings is 2. The average molecular weight is 347 g/mol. The summed E-state index contributed by atoms with van der Waals surface area (Å²) >= 11 is 11.0. The van der Waals surface area contributed by atoms with Crippen molar-refractivity contribution in [2.24, 2.45) is 0 Å². The fraction of sp³-hybridized carbons (Fsp3) is 0.125. The Morgan fingerprint density at radius 1 is 1.17 bits per heavy atom. The Labute approximate surface area is 143 Å². The maximum Gasteiger partial charge on any atom is 0.214 e. The molecule has 3 rings (SSSR count). The first-order valence-corrected chi connectivity index (χ1v) is 7.82. The summed E-state index contributed by atoms with van der Waals surface area (Å²) in [5.41, 5.74) is 5.27. The Kier molecular flexibility index (Phi) is 4.95. The second kappa shape index (κ2) is 7.30. The van der Waals surface area contributed by atoms with Gasteiger partial charge in [-0.2, -0.15) is 5.10 Å². The molecule has 0 aliphatic carbocycles. The van der Waals surface area contributed by atoms with Crippen LogP contribution in [0.4, 0.5) is 0 Å². The number of halogens is 1. The molecule has 0 saturated carbocycles. The number of nitrogens with zero attached hydrogens (tertiary/aromatic N) is 2. The van der Waals surface area contributed by atoms with Crippen LogP contribution in [0.15, 0.2) is 54.9 Å². The van der Waals surface area contributed by atoms with Gasteiger partial charge in [0.25, 0.3) is 0 Å². The molecule has 1 aromatic heterocycles. The van der Waals surface area contributed by atoms with E-state index in [9.17, 15) is 0 Å². The quantitative estimate of drug-likeness (QED) is 0.664. The van der Waals surface area contributed by atoms with Gasteiger partial charge in [-0.15, -0.1) is 0 Å². The molecule has 0 saturated heterocycles. The number of rotatable bonds is 6. The molecule has 23 heavy (non-hydrogen) atoms. The molecule has 0 aliphatic rings. The molecule has 0 spiro atoms. The van der Waals surface area contributed by atoms with Crippen molar-refractivity contribution in [1.29, 1.82) is 0 Å². The Morgan fingerprint density at radius 2 is 1.96 bits per heavy atom. The van der Waals surface area contributed by atoms with Crippen molar-refractivity contribution in [2.45, 2.75) is 13.2 Å². The minimum absolute atomic E-state index is 0.485. The Bertz CT molecular complexity index is 828. The van der Waals surface area contributed by atoms with E-state index in [1.807, 2.05) is 48.5 Å². The van der Waals surface area contributed by atoms with E-state index in [1.165, 1.54) is 0 Å². The van der Waals surface area contributed by atoms with E-state index in [-0.39, 0.29) is 0 Å². The monoisotopic (exact) mass is 346 g/mol. The third-order valence-electron chi connectivity index (χ3n) is 3.27. The lowest BCUT2D eigenvalue weighted by Gasteiger charge is -2.13. The van der Waals surface area contributed by atoms with Crippen LogP contribution in [0, 0.1) is 4.77 Å². The minimum atomic E-state index is 0.485. The first-order chi connectivity index (χ1) is 11.2. The average Bonchev–Trinajstić information content (AvgIpc) is 2.98. The standard InChI is InChI=1S/C16H15ClN4OS/c17-14-7-5-12(6-8-14)10-22-15-4-2-1-3-13(15)9-19-21-11-18-20-16(21)23/h1-8,11,19H,9-10H2,(H,20,23). The Morgan fingerprint density at radius 3 is 2.70 bits per heavy atom. The molecule has 2 N–H and O–H groups in total. The highest BCUT2D eigenvalue weighted by Crippen LogP contribution is 2.20. The number of hydrogen-bond donors (Lipinski definition) is 2. The maximum absolute atomic E-state index is 5.92. The zero-order valence-corrected chi connectivity index (χ0v) is 13.8. The summed E-state index contributed by atoms with van der Waals surface area (Å²) in [4.78, 5) is 0. The molecule has 0 amide bonds. The number of nitrogens with one attached hydrogen (secondary N) is 2. The van der Waals surface area contributed by atoms with Crippen molar-refractivity contribution in [2.75, 3.05) is 5.43 Å². The molecule has 3 aromatic rings. The molecule has 5 nitrogen and oxygen atoms in total. The van der Waals surface area contributed by atoms with Crippen LogP contribution in [0.1, 0.15) is 11.1 Å². The van der Waals surface area contributed by atoms with Crippen LogP contribution >= 0.6 is 23.8 Å². The molecule has 118 valence electrons. The highest BCUT2D eigenvalue weighted by molar-refractivity contribution is 7.71. The SMILES string of the molecule is S=c1[nH]ncn1NCc1ccccc1OCc1ccc(Cl)cc1. The summed E-state index contributed by atoms with van der Waals surface area (Å²) in [6.07, 6.45) is 1.60. The summed E-state index contributed by atoms with van der Waals surface area (Å²) in [7, 11) is 0. The lowest BCUT2D eigenvalue weighted by Crippen LogP contribution is -2.14. The summed E-state index contributed by atoms with van der Waals surface area (Å²) in [6, 6.07) is 15.5. The highest BCUT2D eigenvalue weighted by Gasteiger charge is 2.04. The Balaban J connectivity index is 1.66. The van der Waals surface area contributed by atoms with Gasteiger partial charge in [-0.25, -0.2) is 4.68 Å². The van der Waals surface area contributed by atoms with Gasteiger partial charge >= 0.3 is 0 Å². The number of para-hydroxylation sites is 1. The molecule has 0 aliphatic heterocycles. The summed E-state index contributed by atoms with van der Waals surface area (Å²) in [5.74, 6) is 0.824. The van der Waals surface area contributed by atoms with E-state index in [4.69, 9.17) is 28.6 Å². The molecule has 7 heteroatoms. The third kappa shape index (κ3) is 4.12. The van der Waals surface area contributed by atoms with E-state index in [0.717, 1.165) is 21.9 Å². The molecule has 0 fully saturated rings. The number of aromatic amines is 1. The van der Waals surface area contributed by atoms with Crippen molar-refractivity contribution in [1.82, 2.24) is 14.9 Å². The summed E-state index contributed by atoms with van der Waals surface area (Å²) in [5, 5.41) is 7.28. The van der Waals surface area contributed by atoms with Gasteiger partial charge in [0.05, 0.1) is 6.54 Å². The zero-order chi connectivity index (χ0) is 16.1. The van der Waals surface area contributed by atoms with Crippen molar-refractivity contribution < 1.29 is 4.74 Å². The minimum Gasteiger partial charge on any atom is -0.489 e. The molecule has 1 heterocycles. The van der Waals surface area contributed by atoms with Crippen LogP contribution < -0.4 is 10.2 Å². The topological polar surface area (TPSA) is 54.9 Å². The van der Waals surface area contributed by atoms with Gasteiger partial charge in [-0.1, -0.05) is 41.9 Å². The van der Waals surface area contributed by atoms with E-state index in [0.29, 0.717) is 17.9 Å². The fourth-order valence-corrected chi connectivity index (χ4v) is 2.35. The Hall–Kier alpha value is -2.31. The second-order valence-electron chi connectivity index (χ2n) is 4.89. The molecule has 0 atom stereocenters. The number of hydrogen-bond acceptors (Lipinski definition) is 4. The molecule has 2 aromatic carbocycles. The molecular weight excluding hydrogens is 332 g/mol. The lowest BCUT2D eigenvalue weighted by molar-refractivity contribution is 0.303. The predicted molar refractivity (Wildman–Crippen MR) is 92.7 cm³/mol. The van der Waals surface area contributed by atoms with Crippen LogP contribution in [0.25, 0.3) is 0 Å². The first-order valence-electron chi connectivity index (χ1n) is 7.03. The van der Waals surface area contributed by atoms with E-state index >= 15 is 0 Å². The van der Waals surface area contributed by atoms with Gasteiger partial charge in [0.2, 0.25) is 4.77 Å². The molecule has 0 unspecified atom stereocenters. The van der Waals surface area contributed by atoms with Crippen LogP contribution in [0.2, 0.25) is 5.02 Å². The normalized spacial score (nSPS) is 10.5. The predicted octanol–water partition coefficient (Wildman–Crippen LogP) is 3.92. The molecular formula is C16H15ClN4OS. The first kappa shape index (κ1) is 15.6. The smallest absolute Gasteiger partial charge is 0.214 e.